The third-order valence-corrected chi connectivity index (χ3v) is 2.59. The Hall–Kier alpha value is -2.90. The third kappa shape index (κ3) is 5.10. The van der Waals surface area contributed by atoms with Gasteiger partial charge in [-0.1, -0.05) is 18.2 Å². The lowest BCUT2D eigenvalue weighted by atomic mass is 10.2. The SMILES string of the molecule is O=C([O-])c1ccc(OC(F)(F)F)c(OCOc2ccccc2)c1. The van der Waals surface area contributed by atoms with Crippen molar-refractivity contribution < 1.29 is 37.3 Å². The minimum absolute atomic E-state index is 0.353. The Kier molecular flexibility index (Phi) is 4.95. The lowest BCUT2D eigenvalue weighted by Crippen LogP contribution is -2.23. The van der Waals surface area contributed by atoms with Gasteiger partial charge in [-0.3, -0.25) is 0 Å². The van der Waals surface area contributed by atoms with Crippen molar-refractivity contribution >= 4 is 5.97 Å². The minimum Gasteiger partial charge on any atom is -0.545 e. The van der Waals surface area contributed by atoms with Crippen LogP contribution < -0.4 is 19.3 Å². The van der Waals surface area contributed by atoms with Crippen molar-refractivity contribution in [2.75, 3.05) is 6.79 Å². The van der Waals surface area contributed by atoms with Crippen LogP contribution >= 0.6 is 0 Å². The van der Waals surface area contributed by atoms with Crippen LogP contribution in [0.5, 0.6) is 17.2 Å². The first-order chi connectivity index (χ1) is 10.8. The number of hydrogen-bond donors (Lipinski definition) is 0. The van der Waals surface area contributed by atoms with Gasteiger partial charge in [-0.15, -0.1) is 13.2 Å². The predicted octanol–water partition coefficient (Wildman–Crippen LogP) is 2.36. The minimum atomic E-state index is -4.94. The van der Waals surface area contributed by atoms with E-state index in [9.17, 15) is 23.1 Å². The van der Waals surface area contributed by atoms with Gasteiger partial charge in [-0.05, 0) is 30.3 Å². The first-order valence-electron chi connectivity index (χ1n) is 6.27. The summed E-state index contributed by atoms with van der Waals surface area (Å²) in [6, 6.07) is 11.0. The first kappa shape index (κ1) is 16.5. The zero-order valence-electron chi connectivity index (χ0n) is 11.5. The van der Waals surface area contributed by atoms with Gasteiger partial charge >= 0.3 is 6.36 Å². The maximum absolute atomic E-state index is 12.3. The van der Waals surface area contributed by atoms with E-state index < -0.39 is 30.6 Å². The van der Waals surface area contributed by atoms with Crippen molar-refractivity contribution in [1.82, 2.24) is 0 Å². The van der Waals surface area contributed by atoms with Crippen molar-refractivity contribution in [2.45, 2.75) is 6.36 Å². The molecule has 0 radical (unpaired) electrons. The molecular weight excluding hydrogens is 317 g/mol. The molecule has 8 heteroatoms. The van der Waals surface area contributed by atoms with Crippen LogP contribution in [0.25, 0.3) is 0 Å². The fourth-order valence-corrected chi connectivity index (χ4v) is 1.63. The molecular formula is C15H10F3O5-. The van der Waals surface area contributed by atoms with Gasteiger partial charge in [-0.25, -0.2) is 0 Å². The molecule has 0 bridgehead atoms. The number of carboxylic acid groups (broad SMARTS) is 1. The number of carboxylic acids is 1. The van der Waals surface area contributed by atoms with Crippen LogP contribution in [-0.2, 0) is 0 Å². The maximum Gasteiger partial charge on any atom is 0.573 e. The Bertz CT molecular complexity index is 671. The molecule has 0 spiro atoms. The number of ether oxygens (including phenoxy) is 3. The quantitative estimate of drug-likeness (QED) is 0.762. The van der Waals surface area contributed by atoms with Crippen molar-refractivity contribution in [3.05, 3.63) is 54.1 Å². The highest BCUT2D eigenvalue weighted by atomic mass is 19.4. The van der Waals surface area contributed by atoms with Crippen LogP contribution in [0.4, 0.5) is 13.2 Å². The second-order valence-electron chi connectivity index (χ2n) is 4.22. The lowest BCUT2D eigenvalue weighted by Gasteiger charge is -2.16. The molecule has 0 saturated heterocycles. The normalized spacial score (nSPS) is 10.9. The monoisotopic (exact) mass is 327 g/mol. The number of alkyl halides is 3. The van der Waals surface area contributed by atoms with Crippen molar-refractivity contribution in [2.24, 2.45) is 0 Å². The second-order valence-corrected chi connectivity index (χ2v) is 4.22. The van der Waals surface area contributed by atoms with E-state index in [0.717, 1.165) is 18.2 Å². The van der Waals surface area contributed by atoms with E-state index in [4.69, 9.17) is 9.47 Å². The zero-order chi connectivity index (χ0) is 16.9. The maximum atomic E-state index is 12.3. The molecule has 0 aliphatic carbocycles. The van der Waals surface area contributed by atoms with E-state index in [1.165, 1.54) is 0 Å². The summed E-state index contributed by atoms with van der Waals surface area (Å²) in [4.78, 5) is 10.8. The smallest absolute Gasteiger partial charge is 0.545 e. The van der Waals surface area contributed by atoms with Gasteiger partial charge < -0.3 is 24.1 Å². The molecule has 0 saturated carbocycles. The zero-order valence-corrected chi connectivity index (χ0v) is 11.5. The molecule has 122 valence electrons. The van der Waals surface area contributed by atoms with Gasteiger partial charge in [0, 0.05) is 5.56 Å². The molecule has 0 N–H and O–H groups in total. The molecule has 0 unspecified atom stereocenters. The second kappa shape index (κ2) is 6.91. The van der Waals surface area contributed by atoms with E-state index in [1.807, 2.05) is 0 Å². The number of halogens is 3. The number of aromatic carboxylic acids is 1. The Labute approximate surface area is 128 Å². The fourth-order valence-electron chi connectivity index (χ4n) is 1.63. The number of hydrogen-bond acceptors (Lipinski definition) is 5. The van der Waals surface area contributed by atoms with Crippen LogP contribution in [0.3, 0.4) is 0 Å². The largest absolute Gasteiger partial charge is 0.573 e. The molecule has 0 aliphatic rings. The van der Waals surface area contributed by atoms with Gasteiger partial charge in [0.05, 0.1) is 5.97 Å². The average Bonchev–Trinajstić information content (AvgIpc) is 2.48. The molecule has 2 aromatic rings. The summed E-state index contributed by atoms with van der Waals surface area (Å²) in [7, 11) is 0. The van der Waals surface area contributed by atoms with Crippen molar-refractivity contribution in [3.8, 4) is 17.2 Å². The summed E-state index contributed by atoms with van der Waals surface area (Å²) in [5.41, 5.74) is -0.353. The summed E-state index contributed by atoms with van der Waals surface area (Å²) < 4.78 is 51.0. The van der Waals surface area contributed by atoms with E-state index in [-0.39, 0.29) is 5.56 Å². The van der Waals surface area contributed by atoms with Gasteiger partial charge in [0.2, 0.25) is 6.79 Å². The molecule has 0 atom stereocenters. The predicted molar refractivity (Wildman–Crippen MR) is 70.0 cm³/mol. The summed E-state index contributed by atoms with van der Waals surface area (Å²) in [6.45, 7) is -0.436. The number of carbonyl (C=O) groups is 1. The van der Waals surface area contributed by atoms with Gasteiger partial charge in [0.1, 0.15) is 5.75 Å². The van der Waals surface area contributed by atoms with Crippen LogP contribution in [0.2, 0.25) is 0 Å². The molecule has 0 aromatic heterocycles. The molecule has 23 heavy (non-hydrogen) atoms. The molecule has 0 aliphatic heterocycles. The van der Waals surface area contributed by atoms with Gasteiger partial charge in [-0.2, -0.15) is 0 Å². The molecule has 0 amide bonds. The molecule has 0 heterocycles. The average molecular weight is 327 g/mol. The Morgan fingerprint density at radius 2 is 1.70 bits per heavy atom. The van der Waals surface area contributed by atoms with Gasteiger partial charge in [0.25, 0.3) is 0 Å². The highest BCUT2D eigenvalue weighted by Gasteiger charge is 2.32. The van der Waals surface area contributed by atoms with E-state index in [2.05, 4.69) is 4.74 Å². The fraction of sp³-hybridized carbons (Fsp3) is 0.133. The lowest BCUT2D eigenvalue weighted by molar-refractivity contribution is -0.275. The van der Waals surface area contributed by atoms with Crippen molar-refractivity contribution in [1.29, 1.82) is 0 Å². The highest BCUT2D eigenvalue weighted by molar-refractivity contribution is 5.86. The number of rotatable bonds is 6. The van der Waals surface area contributed by atoms with Crippen molar-refractivity contribution in [3.63, 3.8) is 0 Å². The first-order valence-corrected chi connectivity index (χ1v) is 6.27. The Morgan fingerprint density at radius 1 is 1.00 bits per heavy atom. The van der Waals surface area contributed by atoms with E-state index >= 15 is 0 Å². The number of benzene rings is 2. The van der Waals surface area contributed by atoms with Crippen LogP contribution in [0, 0.1) is 0 Å². The molecule has 0 fully saturated rings. The summed E-state index contributed by atoms with van der Waals surface area (Å²) in [6.07, 6.45) is -4.94. The standard InChI is InChI=1S/C15H11F3O5/c16-15(17,18)23-12-7-6-10(14(19)20)8-13(12)22-9-21-11-4-2-1-3-5-11/h1-8H,9H2,(H,19,20)/p-1. The van der Waals surface area contributed by atoms with Crippen LogP contribution in [-0.4, -0.2) is 19.1 Å². The Balaban J connectivity index is 2.13. The number of carbonyl (C=O) groups excluding carboxylic acids is 1. The van der Waals surface area contributed by atoms with Crippen LogP contribution in [0.1, 0.15) is 10.4 Å². The third-order valence-electron chi connectivity index (χ3n) is 2.59. The highest BCUT2D eigenvalue weighted by Crippen LogP contribution is 2.33. The summed E-state index contributed by atoms with van der Waals surface area (Å²) >= 11 is 0. The van der Waals surface area contributed by atoms with E-state index in [1.54, 1.807) is 30.3 Å². The number of para-hydroxylation sites is 1. The molecule has 2 rings (SSSR count). The topological polar surface area (TPSA) is 67.8 Å². The van der Waals surface area contributed by atoms with Gasteiger partial charge in [0.15, 0.2) is 11.5 Å². The molecule has 2 aromatic carbocycles. The van der Waals surface area contributed by atoms with Crippen LogP contribution in [0.15, 0.2) is 48.5 Å². The summed E-state index contributed by atoms with van der Waals surface area (Å²) in [5.74, 6) is -2.24. The molecule has 5 nitrogen and oxygen atoms in total. The van der Waals surface area contributed by atoms with E-state index in [0.29, 0.717) is 5.75 Å². The summed E-state index contributed by atoms with van der Waals surface area (Å²) in [5, 5.41) is 10.8. The Morgan fingerprint density at radius 3 is 2.30 bits per heavy atom.